The van der Waals surface area contributed by atoms with E-state index in [1.54, 1.807) is 13.2 Å². The molecule has 0 aliphatic carbocycles. The number of nitrogens with zero attached hydrogens (tertiary/aromatic N) is 1. The summed E-state index contributed by atoms with van der Waals surface area (Å²) in [5.41, 5.74) is 2.41. The summed E-state index contributed by atoms with van der Waals surface area (Å²) in [6, 6.07) is 18.4. The second-order valence-electron chi connectivity index (χ2n) is 9.24. The number of methoxy groups -OCH3 is 1. The molecule has 1 unspecified atom stereocenters. The van der Waals surface area contributed by atoms with Crippen LogP contribution in [0.1, 0.15) is 43.2 Å². The van der Waals surface area contributed by atoms with Gasteiger partial charge < -0.3 is 19.7 Å². The highest BCUT2D eigenvalue weighted by Gasteiger charge is 2.42. The van der Waals surface area contributed by atoms with Crippen LogP contribution in [0.15, 0.2) is 60.7 Å². The van der Waals surface area contributed by atoms with Crippen molar-refractivity contribution in [2.45, 2.75) is 50.2 Å². The van der Waals surface area contributed by atoms with Crippen molar-refractivity contribution in [3.05, 3.63) is 71.8 Å². The molecule has 2 saturated heterocycles. The number of hydrogen-bond acceptors (Lipinski definition) is 4. The van der Waals surface area contributed by atoms with Crippen LogP contribution < -0.4 is 10.1 Å². The minimum atomic E-state index is -0.0800. The predicted molar refractivity (Wildman–Crippen MR) is 132 cm³/mol. The number of ether oxygens (including phenoxy) is 2. The predicted octanol–water partition coefficient (Wildman–Crippen LogP) is 4.47. The number of carbonyl (C=O) groups excluding carboxylic acids is 1. The topological polar surface area (TPSA) is 50.8 Å². The Morgan fingerprint density at radius 3 is 2.61 bits per heavy atom. The smallest absolute Gasteiger partial charge is 0.244 e. The molecular formula is C28H36N2O3. The van der Waals surface area contributed by atoms with E-state index in [4.69, 9.17) is 9.47 Å². The molecule has 1 amide bonds. The normalized spacial score (nSPS) is 20.3. The molecule has 0 aromatic heterocycles. The molecule has 1 N–H and O–H groups in total. The van der Waals surface area contributed by atoms with Gasteiger partial charge in [-0.1, -0.05) is 42.5 Å². The maximum Gasteiger partial charge on any atom is 0.244 e. The molecule has 1 atom stereocenters. The van der Waals surface area contributed by atoms with Crippen LogP contribution in [0.2, 0.25) is 0 Å². The molecule has 0 radical (unpaired) electrons. The molecule has 2 aliphatic rings. The van der Waals surface area contributed by atoms with Crippen molar-refractivity contribution in [3.8, 4) is 5.75 Å². The van der Waals surface area contributed by atoms with E-state index in [1.807, 2.05) is 30.3 Å². The molecule has 33 heavy (non-hydrogen) atoms. The Kier molecular flexibility index (Phi) is 8.19. The molecule has 176 valence electrons. The van der Waals surface area contributed by atoms with Crippen LogP contribution in [0, 0.1) is 0 Å². The number of hydrogen-bond donors (Lipinski definition) is 1. The lowest BCUT2D eigenvalue weighted by Gasteiger charge is -2.39. The Morgan fingerprint density at radius 1 is 1.12 bits per heavy atom. The first-order valence-corrected chi connectivity index (χ1v) is 12.2. The number of piperidine rings is 1. The van der Waals surface area contributed by atoms with Gasteiger partial charge in [0.25, 0.3) is 0 Å². The molecular weight excluding hydrogens is 412 g/mol. The second-order valence-corrected chi connectivity index (χ2v) is 9.24. The van der Waals surface area contributed by atoms with Gasteiger partial charge in [-0.15, -0.1) is 0 Å². The summed E-state index contributed by atoms with van der Waals surface area (Å²) < 4.78 is 11.6. The molecule has 5 nitrogen and oxygen atoms in total. The number of rotatable bonds is 9. The van der Waals surface area contributed by atoms with Gasteiger partial charge in [0.2, 0.25) is 5.91 Å². The molecule has 2 heterocycles. The molecule has 2 aliphatic heterocycles. The molecule has 2 fully saturated rings. The van der Waals surface area contributed by atoms with E-state index >= 15 is 0 Å². The fourth-order valence-electron chi connectivity index (χ4n) is 4.90. The van der Waals surface area contributed by atoms with Crippen molar-refractivity contribution in [1.29, 1.82) is 0 Å². The summed E-state index contributed by atoms with van der Waals surface area (Å²) in [7, 11) is 1.64. The van der Waals surface area contributed by atoms with Crippen LogP contribution >= 0.6 is 0 Å². The molecule has 2 aromatic carbocycles. The summed E-state index contributed by atoms with van der Waals surface area (Å²) in [6.07, 6.45) is 10.2. The second kappa shape index (κ2) is 11.5. The molecule has 5 heteroatoms. The van der Waals surface area contributed by atoms with Crippen molar-refractivity contribution in [3.63, 3.8) is 0 Å². The Morgan fingerprint density at radius 2 is 1.88 bits per heavy atom. The first-order chi connectivity index (χ1) is 16.1. The van der Waals surface area contributed by atoms with Crippen molar-refractivity contribution in [1.82, 2.24) is 10.2 Å². The first-order valence-electron chi connectivity index (χ1n) is 12.2. The van der Waals surface area contributed by atoms with E-state index in [1.165, 1.54) is 12.0 Å². The number of likely N-dealkylation sites (tertiary alicyclic amines) is 1. The molecule has 4 rings (SSSR count). The molecule has 0 saturated carbocycles. The van der Waals surface area contributed by atoms with Gasteiger partial charge >= 0.3 is 0 Å². The largest absolute Gasteiger partial charge is 0.497 e. The van der Waals surface area contributed by atoms with Gasteiger partial charge in [0.15, 0.2) is 0 Å². The van der Waals surface area contributed by atoms with E-state index in [-0.39, 0.29) is 17.6 Å². The maximum atomic E-state index is 12.2. The summed E-state index contributed by atoms with van der Waals surface area (Å²) in [5, 5.41) is 3.01. The fourth-order valence-corrected chi connectivity index (χ4v) is 4.90. The Balaban J connectivity index is 1.13. The molecule has 1 spiro atoms. The summed E-state index contributed by atoms with van der Waals surface area (Å²) in [4.78, 5) is 14.8. The third-order valence-corrected chi connectivity index (χ3v) is 6.94. The monoisotopic (exact) mass is 448 g/mol. The highest BCUT2D eigenvalue weighted by molar-refractivity contribution is 5.91. The van der Waals surface area contributed by atoms with Crippen LogP contribution in [-0.4, -0.2) is 55.8 Å². The van der Waals surface area contributed by atoms with E-state index < -0.39 is 0 Å². The van der Waals surface area contributed by atoms with E-state index in [9.17, 15) is 4.79 Å². The lowest BCUT2D eigenvalue weighted by atomic mass is 9.88. The van der Waals surface area contributed by atoms with Crippen molar-refractivity contribution in [2.24, 2.45) is 0 Å². The van der Waals surface area contributed by atoms with Gasteiger partial charge in [-0.3, -0.25) is 4.79 Å². The SMILES string of the molecule is COc1ccc(/C=C/C(=O)NCC2CCC3(CCN(CCCc4ccccc4)CC3)O2)cc1. The molecule has 0 bridgehead atoms. The standard InChI is InChI=1S/C28H36N2O3/c1-32-25-12-9-24(10-13-25)11-14-27(31)29-22-26-15-16-28(33-26)17-20-30(21-18-28)19-5-8-23-6-3-2-4-7-23/h2-4,6-7,9-14,26H,5,8,15-22H2,1H3,(H,29,31)/b14-11+. The van der Waals surface area contributed by atoms with Crippen LogP contribution in [0.25, 0.3) is 6.08 Å². The average Bonchev–Trinajstić information content (AvgIpc) is 3.26. The lowest BCUT2D eigenvalue weighted by molar-refractivity contribution is -0.118. The lowest BCUT2D eigenvalue weighted by Crippen LogP contribution is -2.45. The fraction of sp³-hybridized carbons (Fsp3) is 0.464. The van der Waals surface area contributed by atoms with Gasteiger partial charge in [0.1, 0.15) is 5.75 Å². The number of amides is 1. The van der Waals surface area contributed by atoms with E-state index in [2.05, 4.69) is 40.5 Å². The number of aryl methyl sites for hydroxylation is 1. The average molecular weight is 449 g/mol. The van der Waals surface area contributed by atoms with Crippen LogP contribution in [-0.2, 0) is 16.0 Å². The van der Waals surface area contributed by atoms with Crippen molar-refractivity contribution >= 4 is 12.0 Å². The number of carbonyl (C=O) groups is 1. The van der Waals surface area contributed by atoms with E-state index in [0.29, 0.717) is 6.54 Å². The Bertz CT molecular complexity index is 902. The molecule has 2 aromatic rings. The number of benzene rings is 2. The summed E-state index contributed by atoms with van der Waals surface area (Å²) in [5.74, 6) is 0.727. The minimum Gasteiger partial charge on any atom is -0.497 e. The zero-order valence-electron chi connectivity index (χ0n) is 19.7. The van der Waals surface area contributed by atoms with Gasteiger partial charge in [0, 0.05) is 25.7 Å². The van der Waals surface area contributed by atoms with Gasteiger partial charge in [0.05, 0.1) is 18.8 Å². The maximum absolute atomic E-state index is 12.2. The minimum absolute atomic E-state index is 0.0181. The van der Waals surface area contributed by atoms with Crippen molar-refractivity contribution < 1.29 is 14.3 Å². The van der Waals surface area contributed by atoms with Gasteiger partial charge in [-0.05, 0) is 74.4 Å². The first kappa shape index (κ1) is 23.5. The van der Waals surface area contributed by atoms with Crippen molar-refractivity contribution in [2.75, 3.05) is 33.3 Å². The van der Waals surface area contributed by atoms with Gasteiger partial charge in [-0.25, -0.2) is 0 Å². The van der Waals surface area contributed by atoms with Crippen LogP contribution in [0.3, 0.4) is 0 Å². The third-order valence-electron chi connectivity index (χ3n) is 6.94. The summed E-state index contributed by atoms with van der Waals surface area (Å²) >= 11 is 0. The van der Waals surface area contributed by atoms with Gasteiger partial charge in [-0.2, -0.15) is 0 Å². The third kappa shape index (κ3) is 6.92. The quantitative estimate of drug-likeness (QED) is 0.575. The number of nitrogens with one attached hydrogen (secondary N) is 1. The van der Waals surface area contributed by atoms with Crippen LogP contribution in [0.4, 0.5) is 0 Å². The Labute approximate surface area is 197 Å². The summed E-state index contributed by atoms with van der Waals surface area (Å²) in [6.45, 7) is 3.95. The highest BCUT2D eigenvalue weighted by Crippen LogP contribution is 2.38. The zero-order valence-corrected chi connectivity index (χ0v) is 19.7. The highest BCUT2D eigenvalue weighted by atomic mass is 16.5. The Hall–Kier alpha value is -2.63. The van der Waals surface area contributed by atoms with Crippen LogP contribution in [0.5, 0.6) is 5.75 Å². The van der Waals surface area contributed by atoms with E-state index in [0.717, 1.165) is 63.1 Å². The zero-order chi connectivity index (χ0) is 22.9.